The number of carbonyl (C=O) groups excluding carboxylic acids is 1. The van der Waals surface area contributed by atoms with Crippen molar-refractivity contribution in [3.63, 3.8) is 0 Å². The van der Waals surface area contributed by atoms with E-state index in [1.165, 1.54) is 11.3 Å². The SMILES string of the molecule is Cc1cccc(N)c1NC(=O)CS(=O)c1cccs1. The summed E-state index contributed by atoms with van der Waals surface area (Å²) in [6, 6.07) is 8.98. The van der Waals surface area contributed by atoms with Crippen LogP contribution in [0.2, 0.25) is 0 Å². The molecule has 0 spiro atoms. The average molecular weight is 294 g/mol. The van der Waals surface area contributed by atoms with Crippen molar-refractivity contribution in [3.8, 4) is 0 Å². The molecule has 0 aliphatic rings. The number of nitrogens with two attached hydrogens (primary N) is 1. The summed E-state index contributed by atoms with van der Waals surface area (Å²) in [7, 11) is -1.30. The van der Waals surface area contributed by atoms with Gasteiger partial charge in [-0.15, -0.1) is 11.3 Å². The first kappa shape index (κ1) is 13.8. The van der Waals surface area contributed by atoms with Crippen LogP contribution in [0.5, 0.6) is 0 Å². The Morgan fingerprint density at radius 3 is 2.79 bits per heavy atom. The van der Waals surface area contributed by atoms with Gasteiger partial charge in [0.05, 0.1) is 26.4 Å². The van der Waals surface area contributed by atoms with Crippen molar-refractivity contribution in [2.45, 2.75) is 11.1 Å². The molecule has 0 aliphatic heterocycles. The molecule has 0 bridgehead atoms. The van der Waals surface area contributed by atoms with Crippen LogP contribution in [-0.2, 0) is 15.6 Å². The molecule has 2 aromatic rings. The van der Waals surface area contributed by atoms with Gasteiger partial charge in [0.15, 0.2) is 0 Å². The van der Waals surface area contributed by atoms with Crippen molar-refractivity contribution in [2.75, 3.05) is 16.8 Å². The van der Waals surface area contributed by atoms with Gasteiger partial charge in [-0.2, -0.15) is 0 Å². The molecule has 6 heteroatoms. The maximum Gasteiger partial charge on any atom is 0.237 e. The first-order valence-corrected chi connectivity index (χ1v) is 7.84. The summed E-state index contributed by atoms with van der Waals surface area (Å²) in [5.41, 5.74) is 7.79. The maximum absolute atomic E-state index is 11.9. The minimum absolute atomic E-state index is 0.0612. The summed E-state index contributed by atoms with van der Waals surface area (Å²) in [6.45, 7) is 1.86. The largest absolute Gasteiger partial charge is 0.397 e. The normalized spacial score (nSPS) is 12.1. The molecule has 0 radical (unpaired) electrons. The molecule has 0 aliphatic carbocycles. The molecule has 1 aromatic carbocycles. The Labute approximate surface area is 118 Å². The van der Waals surface area contributed by atoms with Gasteiger partial charge >= 0.3 is 0 Å². The van der Waals surface area contributed by atoms with Crippen molar-refractivity contribution < 1.29 is 9.00 Å². The Hall–Kier alpha value is -1.66. The number of amides is 1. The Balaban J connectivity index is 2.04. The zero-order valence-corrected chi connectivity index (χ0v) is 12.0. The van der Waals surface area contributed by atoms with Crippen LogP contribution in [-0.4, -0.2) is 15.9 Å². The minimum atomic E-state index is -1.30. The highest BCUT2D eigenvalue weighted by Gasteiger charge is 2.13. The quantitative estimate of drug-likeness (QED) is 0.850. The van der Waals surface area contributed by atoms with E-state index in [4.69, 9.17) is 5.73 Å². The number of carbonyl (C=O) groups is 1. The van der Waals surface area contributed by atoms with Crippen molar-refractivity contribution in [1.82, 2.24) is 0 Å². The second kappa shape index (κ2) is 5.99. The van der Waals surface area contributed by atoms with E-state index in [9.17, 15) is 9.00 Å². The summed E-state index contributed by atoms with van der Waals surface area (Å²) in [5.74, 6) is -0.360. The first-order valence-electron chi connectivity index (χ1n) is 5.65. The third-order valence-electron chi connectivity index (χ3n) is 2.55. The molecule has 3 N–H and O–H groups in total. The van der Waals surface area contributed by atoms with Crippen LogP contribution < -0.4 is 11.1 Å². The highest BCUT2D eigenvalue weighted by atomic mass is 32.2. The highest BCUT2D eigenvalue weighted by Crippen LogP contribution is 2.22. The Bertz CT molecular complexity index is 589. The Morgan fingerprint density at radius 2 is 2.16 bits per heavy atom. The number of hydrogen-bond acceptors (Lipinski definition) is 4. The topological polar surface area (TPSA) is 72.2 Å². The number of hydrogen-bond donors (Lipinski definition) is 2. The van der Waals surface area contributed by atoms with E-state index < -0.39 is 10.8 Å². The van der Waals surface area contributed by atoms with Crippen molar-refractivity contribution in [3.05, 3.63) is 41.3 Å². The minimum Gasteiger partial charge on any atom is -0.397 e. The van der Waals surface area contributed by atoms with E-state index in [-0.39, 0.29) is 11.7 Å². The summed E-state index contributed by atoms with van der Waals surface area (Å²) in [6.07, 6.45) is 0. The number of rotatable bonds is 4. The fourth-order valence-electron chi connectivity index (χ4n) is 1.62. The van der Waals surface area contributed by atoms with Crippen LogP contribution in [0.3, 0.4) is 0 Å². The number of nitrogens with one attached hydrogen (secondary N) is 1. The predicted octanol–water partition coefficient (Wildman–Crippen LogP) is 2.39. The molecular formula is C13H14N2O2S2. The number of thiophene rings is 1. The molecule has 0 fully saturated rings. The van der Waals surface area contributed by atoms with Gasteiger partial charge in [-0.3, -0.25) is 9.00 Å². The molecule has 1 atom stereocenters. The van der Waals surface area contributed by atoms with E-state index in [0.29, 0.717) is 15.6 Å². The van der Waals surface area contributed by atoms with Gasteiger partial charge in [-0.1, -0.05) is 18.2 Å². The summed E-state index contributed by atoms with van der Waals surface area (Å²) >= 11 is 1.38. The zero-order chi connectivity index (χ0) is 13.8. The average Bonchev–Trinajstić information content (AvgIpc) is 2.88. The summed E-state index contributed by atoms with van der Waals surface area (Å²) < 4.78 is 12.6. The van der Waals surface area contributed by atoms with Gasteiger partial charge < -0.3 is 11.1 Å². The lowest BCUT2D eigenvalue weighted by atomic mass is 10.1. The lowest BCUT2D eigenvalue weighted by Crippen LogP contribution is -2.20. The lowest BCUT2D eigenvalue weighted by molar-refractivity contribution is -0.113. The molecule has 19 heavy (non-hydrogen) atoms. The molecule has 2 rings (SSSR count). The molecule has 0 saturated carbocycles. The molecule has 0 saturated heterocycles. The molecule has 1 unspecified atom stereocenters. The van der Waals surface area contributed by atoms with Crippen LogP contribution in [0.4, 0.5) is 11.4 Å². The fraction of sp³-hybridized carbons (Fsp3) is 0.154. The maximum atomic E-state index is 11.9. The number of nitrogen functional groups attached to an aromatic ring is 1. The van der Waals surface area contributed by atoms with Crippen molar-refractivity contribution >= 4 is 39.4 Å². The van der Waals surface area contributed by atoms with E-state index in [2.05, 4.69) is 5.32 Å². The first-order chi connectivity index (χ1) is 9.08. The van der Waals surface area contributed by atoms with Crippen LogP contribution in [0.1, 0.15) is 5.56 Å². The second-order valence-corrected chi connectivity index (χ2v) is 6.63. The van der Waals surface area contributed by atoms with Crippen molar-refractivity contribution in [2.24, 2.45) is 0 Å². The van der Waals surface area contributed by atoms with E-state index in [0.717, 1.165) is 5.56 Å². The zero-order valence-electron chi connectivity index (χ0n) is 10.4. The Kier molecular flexibility index (Phi) is 4.34. The predicted molar refractivity (Wildman–Crippen MR) is 79.8 cm³/mol. The third-order valence-corrected chi connectivity index (χ3v) is 5.17. The third kappa shape index (κ3) is 3.42. The van der Waals surface area contributed by atoms with E-state index in [1.807, 2.05) is 30.5 Å². The molecule has 1 aromatic heterocycles. The molecular weight excluding hydrogens is 280 g/mol. The van der Waals surface area contributed by atoms with Crippen LogP contribution in [0, 0.1) is 6.92 Å². The van der Waals surface area contributed by atoms with Gasteiger partial charge in [-0.05, 0) is 30.0 Å². The van der Waals surface area contributed by atoms with Gasteiger partial charge in [0, 0.05) is 0 Å². The van der Waals surface area contributed by atoms with Crippen LogP contribution in [0.15, 0.2) is 39.9 Å². The van der Waals surface area contributed by atoms with Gasteiger partial charge in [-0.25, -0.2) is 0 Å². The Morgan fingerprint density at radius 1 is 1.37 bits per heavy atom. The molecule has 4 nitrogen and oxygen atoms in total. The molecule has 100 valence electrons. The molecule has 1 heterocycles. The van der Waals surface area contributed by atoms with Crippen LogP contribution in [0.25, 0.3) is 0 Å². The second-order valence-electron chi connectivity index (χ2n) is 4.01. The number of anilines is 2. The number of aryl methyl sites for hydroxylation is 1. The van der Waals surface area contributed by atoms with Gasteiger partial charge in [0.1, 0.15) is 5.75 Å². The van der Waals surface area contributed by atoms with E-state index >= 15 is 0 Å². The highest BCUT2D eigenvalue weighted by molar-refractivity contribution is 7.88. The van der Waals surface area contributed by atoms with Crippen LogP contribution >= 0.6 is 11.3 Å². The molecule has 1 amide bonds. The van der Waals surface area contributed by atoms with Gasteiger partial charge in [0.2, 0.25) is 5.91 Å². The summed E-state index contributed by atoms with van der Waals surface area (Å²) in [5, 5.41) is 4.56. The smallest absolute Gasteiger partial charge is 0.237 e. The standard InChI is InChI=1S/C13H14N2O2S2/c1-9-4-2-5-10(14)13(9)15-11(16)8-19(17)12-6-3-7-18-12/h2-7H,8,14H2,1H3,(H,15,16). The monoisotopic (exact) mass is 294 g/mol. The van der Waals surface area contributed by atoms with Crippen molar-refractivity contribution in [1.29, 1.82) is 0 Å². The number of para-hydroxylation sites is 1. The van der Waals surface area contributed by atoms with Gasteiger partial charge in [0.25, 0.3) is 0 Å². The fourth-order valence-corrected chi connectivity index (χ4v) is 3.52. The van der Waals surface area contributed by atoms with E-state index in [1.54, 1.807) is 12.1 Å². The summed E-state index contributed by atoms with van der Waals surface area (Å²) in [4.78, 5) is 11.9. The number of benzene rings is 1. The lowest BCUT2D eigenvalue weighted by Gasteiger charge is -2.10.